The lowest BCUT2D eigenvalue weighted by Crippen LogP contribution is -2.29. The molecule has 0 aliphatic carbocycles. The maximum Gasteiger partial charge on any atom is 0.326 e. The van der Waals surface area contributed by atoms with E-state index in [1.807, 2.05) is 6.92 Å². The van der Waals surface area contributed by atoms with Crippen molar-refractivity contribution in [3.63, 3.8) is 0 Å². The Morgan fingerprint density at radius 3 is 2.81 bits per heavy atom. The molecular formula is C10H12Cl2N2O2. The van der Waals surface area contributed by atoms with E-state index < -0.39 is 12.0 Å². The monoisotopic (exact) mass is 262 g/mol. The van der Waals surface area contributed by atoms with Gasteiger partial charge in [0.2, 0.25) is 0 Å². The Bertz CT molecular complexity index is 385. The molecule has 1 aromatic rings. The number of pyridine rings is 1. The highest BCUT2D eigenvalue weighted by atomic mass is 35.5. The normalized spacial score (nSPS) is 12.2. The molecule has 0 radical (unpaired) electrons. The summed E-state index contributed by atoms with van der Waals surface area (Å²) >= 11 is 11.6. The van der Waals surface area contributed by atoms with Crippen LogP contribution in [-0.4, -0.2) is 22.1 Å². The van der Waals surface area contributed by atoms with Gasteiger partial charge in [-0.15, -0.1) is 0 Å². The van der Waals surface area contributed by atoms with Crippen molar-refractivity contribution < 1.29 is 9.90 Å². The minimum Gasteiger partial charge on any atom is -0.480 e. The zero-order valence-electron chi connectivity index (χ0n) is 8.70. The van der Waals surface area contributed by atoms with Gasteiger partial charge in [0.15, 0.2) is 0 Å². The van der Waals surface area contributed by atoms with Gasteiger partial charge in [-0.25, -0.2) is 9.78 Å². The Hall–Kier alpha value is -1.00. The Morgan fingerprint density at radius 2 is 2.31 bits per heavy atom. The van der Waals surface area contributed by atoms with Gasteiger partial charge in [-0.05, 0) is 12.5 Å². The topological polar surface area (TPSA) is 62.2 Å². The molecule has 0 aromatic carbocycles. The van der Waals surface area contributed by atoms with Gasteiger partial charge in [0.1, 0.15) is 11.9 Å². The Morgan fingerprint density at radius 1 is 1.62 bits per heavy atom. The fourth-order valence-corrected chi connectivity index (χ4v) is 1.67. The molecular weight excluding hydrogens is 251 g/mol. The Labute approximate surface area is 104 Å². The molecule has 1 aromatic heterocycles. The number of hydrogen-bond acceptors (Lipinski definition) is 3. The molecule has 1 heterocycles. The van der Waals surface area contributed by atoms with Crippen molar-refractivity contribution in [3.05, 3.63) is 22.3 Å². The van der Waals surface area contributed by atoms with Crippen LogP contribution in [0.4, 0.5) is 5.82 Å². The minimum absolute atomic E-state index is 0.315. The number of carboxylic acids is 1. The molecule has 6 heteroatoms. The van der Waals surface area contributed by atoms with Gasteiger partial charge in [-0.1, -0.05) is 36.5 Å². The molecule has 0 fully saturated rings. The van der Waals surface area contributed by atoms with Crippen molar-refractivity contribution in [2.45, 2.75) is 25.8 Å². The molecule has 0 bridgehead atoms. The molecule has 0 amide bonds. The van der Waals surface area contributed by atoms with E-state index >= 15 is 0 Å². The first-order chi connectivity index (χ1) is 7.54. The van der Waals surface area contributed by atoms with Gasteiger partial charge in [-0.3, -0.25) is 0 Å². The highest BCUT2D eigenvalue weighted by Gasteiger charge is 2.17. The van der Waals surface area contributed by atoms with Crippen LogP contribution in [0.1, 0.15) is 19.8 Å². The van der Waals surface area contributed by atoms with Gasteiger partial charge in [-0.2, -0.15) is 0 Å². The maximum absolute atomic E-state index is 10.9. The average molecular weight is 263 g/mol. The van der Waals surface area contributed by atoms with E-state index in [1.165, 1.54) is 12.3 Å². The van der Waals surface area contributed by atoms with Crippen LogP contribution >= 0.6 is 23.2 Å². The maximum atomic E-state index is 10.9. The zero-order valence-corrected chi connectivity index (χ0v) is 10.2. The predicted octanol–water partition coefficient (Wildman–Crippen LogP) is 3.05. The number of aliphatic carboxylic acids is 1. The molecule has 1 unspecified atom stereocenters. The van der Waals surface area contributed by atoms with Crippen LogP contribution < -0.4 is 5.32 Å². The van der Waals surface area contributed by atoms with Gasteiger partial charge >= 0.3 is 5.97 Å². The summed E-state index contributed by atoms with van der Waals surface area (Å²) in [7, 11) is 0. The van der Waals surface area contributed by atoms with Crippen molar-refractivity contribution >= 4 is 35.0 Å². The van der Waals surface area contributed by atoms with E-state index in [-0.39, 0.29) is 0 Å². The lowest BCUT2D eigenvalue weighted by molar-refractivity contribution is -0.138. The van der Waals surface area contributed by atoms with E-state index in [0.29, 0.717) is 22.3 Å². The molecule has 0 aliphatic heterocycles. The van der Waals surface area contributed by atoms with E-state index in [2.05, 4.69) is 10.3 Å². The van der Waals surface area contributed by atoms with Crippen molar-refractivity contribution in [2.24, 2.45) is 0 Å². The first-order valence-electron chi connectivity index (χ1n) is 4.85. The van der Waals surface area contributed by atoms with E-state index in [0.717, 1.165) is 6.42 Å². The standard InChI is InChI=1S/C10H12Cl2N2O2/c1-2-3-8(10(15)16)14-9-7(12)4-6(11)5-13-9/h4-5,8H,2-3H2,1H3,(H,13,14)(H,15,16). The first-order valence-corrected chi connectivity index (χ1v) is 5.60. The van der Waals surface area contributed by atoms with Crippen LogP contribution in [0.3, 0.4) is 0 Å². The molecule has 0 spiro atoms. The van der Waals surface area contributed by atoms with Gasteiger partial charge in [0.25, 0.3) is 0 Å². The fraction of sp³-hybridized carbons (Fsp3) is 0.400. The van der Waals surface area contributed by atoms with Crippen molar-refractivity contribution in [3.8, 4) is 0 Å². The fourth-order valence-electron chi connectivity index (χ4n) is 1.23. The van der Waals surface area contributed by atoms with Crippen molar-refractivity contribution in [1.82, 2.24) is 4.98 Å². The zero-order chi connectivity index (χ0) is 12.1. The van der Waals surface area contributed by atoms with Crippen LogP contribution in [0.5, 0.6) is 0 Å². The summed E-state index contributed by atoms with van der Waals surface area (Å²) in [5, 5.41) is 12.5. The predicted molar refractivity (Wildman–Crippen MR) is 64.2 cm³/mol. The summed E-state index contributed by atoms with van der Waals surface area (Å²) in [4.78, 5) is 14.9. The van der Waals surface area contributed by atoms with Gasteiger partial charge in [0.05, 0.1) is 10.0 Å². The first kappa shape index (κ1) is 13.1. The van der Waals surface area contributed by atoms with Crippen molar-refractivity contribution in [2.75, 3.05) is 5.32 Å². The summed E-state index contributed by atoms with van der Waals surface area (Å²) < 4.78 is 0. The number of nitrogens with zero attached hydrogens (tertiary/aromatic N) is 1. The third-order valence-corrected chi connectivity index (χ3v) is 2.49. The highest BCUT2D eigenvalue weighted by Crippen LogP contribution is 2.23. The summed E-state index contributed by atoms with van der Waals surface area (Å²) in [5.74, 6) is -0.582. The largest absolute Gasteiger partial charge is 0.480 e. The minimum atomic E-state index is -0.922. The molecule has 2 N–H and O–H groups in total. The number of anilines is 1. The van der Waals surface area contributed by atoms with Crippen LogP contribution in [0.2, 0.25) is 10.0 Å². The second-order valence-corrected chi connectivity index (χ2v) is 4.15. The molecule has 88 valence electrons. The molecule has 4 nitrogen and oxygen atoms in total. The van der Waals surface area contributed by atoms with Gasteiger partial charge < -0.3 is 10.4 Å². The van der Waals surface area contributed by atoms with Crippen molar-refractivity contribution in [1.29, 1.82) is 0 Å². The molecule has 0 aliphatic rings. The number of aromatic nitrogens is 1. The number of carbonyl (C=O) groups is 1. The number of nitrogens with one attached hydrogen (secondary N) is 1. The second-order valence-electron chi connectivity index (χ2n) is 3.31. The van der Waals surface area contributed by atoms with Crippen LogP contribution in [-0.2, 0) is 4.79 Å². The Kier molecular flexibility index (Phi) is 4.83. The van der Waals surface area contributed by atoms with E-state index in [9.17, 15) is 4.79 Å². The van der Waals surface area contributed by atoms with E-state index in [1.54, 1.807) is 0 Å². The summed E-state index contributed by atoms with van der Waals surface area (Å²) in [6.45, 7) is 1.91. The third-order valence-electron chi connectivity index (χ3n) is 1.99. The molecule has 1 atom stereocenters. The third kappa shape index (κ3) is 3.54. The SMILES string of the molecule is CCCC(Nc1ncc(Cl)cc1Cl)C(=O)O. The summed E-state index contributed by atoms with van der Waals surface area (Å²) in [5.41, 5.74) is 0. The van der Waals surface area contributed by atoms with Gasteiger partial charge in [0, 0.05) is 6.20 Å². The van der Waals surface area contributed by atoms with Crippen LogP contribution in [0.25, 0.3) is 0 Å². The van der Waals surface area contributed by atoms with Crippen LogP contribution in [0, 0.1) is 0 Å². The number of halogens is 2. The second kappa shape index (κ2) is 5.92. The molecule has 16 heavy (non-hydrogen) atoms. The Balaban J connectivity index is 2.81. The molecule has 1 rings (SSSR count). The molecule has 0 saturated heterocycles. The number of rotatable bonds is 5. The lowest BCUT2D eigenvalue weighted by Gasteiger charge is -2.14. The van der Waals surface area contributed by atoms with E-state index in [4.69, 9.17) is 28.3 Å². The highest BCUT2D eigenvalue weighted by molar-refractivity contribution is 6.36. The average Bonchev–Trinajstić information content (AvgIpc) is 2.20. The molecule has 0 saturated carbocycles. The quantitative estimate of drug-likeness (QED) is 0.857. The lowest BCUT2D eigenvalue weighted by atomic mass is 10.2. The summed E-state index contributed by atoms with van der Waals surface area (Å²) in [6, 6.07) is 0.833. The summed E-state index contributed by atoms with van der Waals surface area (Å²) in [6.07, 6.45) is 2.69. The number of carboxylic acid groups (broad SMARTS) is 1. The van der Waals surface area contributed by atoms with Crippen LogP contribution in [0.15, 0.2) is 12.3 Å². The smallest absolute Gasteiger partial charge is 0.326 e. The number of hydrogen-bond donors (Lipinski definition) is 2.